The van der Waals surface area contributed by atoms with Gasteiger partial charge in [0, 0.05) is 0 Å². The lowest BCUT2D eigenvalue weighted by molar-refractivity contribution is -0.138. The van der Waals surface area contributed by atoms with Crippen molar-refractivity contribution in [2.24, 2.45) is 5.73 Å². The van der Waals surface area contributed by atoms with Gasteiger partial charge in [0.25, 0.3) is 0 Å². The summed E-state index contributed by atoms with van der Waals surface area (Å²) in [4.78, 5) is 10.5. The summed E-state index contributed by atoms with van der Waals surface area (Å²) >= 11 is 1.17. The average Bonchev–Trinajstić information content (AvgIpc) is 2.56. The number of carbonyl (C=O) groups is 1. The van der Waals surface area contributed by atoms with Crippen LogP contribution < -0.4 is 5.73 Å². The van der Waals surface area contributed by atoms with E-state index in [0.29, 0.717) is 5.75 Å². The van der Waals surface area contributed by atoms with E-state index in [1.807, 2.05) is 0 Å². The number of aliphatic hydroxyl groups is 3. The van der Waals surface area contributed by atoms with Crippen molar-refractivity contribution < 1.29 is 30.0 Å². The molecule has 1 heterocycles. The van der Waals surface area contributed by atoms with Crippen LogP contribution in [-0.2, 0) is 9.53 Å². The van der Waals surface area contributed by atoms with Crippen molar-refractivity contribution in [3.05, 3.63) is 0 Å². The molecule has 17 heavy (non-hydrogen) atoms. The highest BCUT2D eigenvalue weighted by molar-refractivity contribution is 7.99. The van der Waals surface area contributed by atoms with Crippen LogP contribution in [0.25, 0.3) is 0 Å². The number of carboxylic acids is 1. The minimum atomic E-state index is -1.12. The highest BCUT2D eigenvalue weighted by Crippen LogP contribution is 2.29. The molecule has 0 aromatic carbocycles. The Morgan fingerprint density at radius 1 is 1.41 bits per heavy atom. The molecule has 0 radical (unpaired) electrons. The van der Waals surface area contributed by atoms with Gasteiger partial charge < -0.3 is 30.9 Å². The summed E-state index contributed by atoms with van der Waals surface area (Å²) in [6, 6.07) is -0.945. The molecule has 5 atom stereocenters. The molecule has 7 nitrogen and oxygen atoms in total. The molecule has 1 rings (SSSR count). The fourth-order valence-electron chi connectivity index (χ4n) is 1.44. The number of thioether (sulfide) groups is 1. The second-order valence-electron chi connectivity index (χ2n) is 3.81. The lowest BCUT2D eigenvalue weighted by Gasteiger charge is -2.14. The maximum Gasteiger partial charge on any atom is 0.320 e. The zero-order valence-corrected chi connectivity index (χ0v) is 9.92. The number of rotatable bonds is 6. The van der Waals surface area contributed by atoms with Gasteiger partial charge in [-0.2, -0.15) is 0 Å². The Balaban J connectivity index is 2.31. The second-order valence-corrected chi connectivity index (χ2v) is 5.02. The van der Waals surface area contributed by atoms with Crippen molar-refractivity contribution in [3.8, 4) is 0 Å². The Morgan fingerprint density at radius 3 is 2.53 bits per heavy atom. The van der Waals surface area contributed by atoms with Crippen molar-refractivity contribution in [2.45, 2.75) is 36.2 Å². The van der Waals surface area contributed by atoms with E-state index in [4.69, 9.17) is 20.7 Å². The first kappa shape index (κ1) is 14.7. The molecule has 1 aliphatic heterocycles. The molecule has 1 saturated heterocycles. The molecule has 0 bridgehead atoms. The third-order valence-corrected chi connectivity index (χ3v) is 3.72. The van der Waals surface area contributed by atoms with Crippen LogP contribution in [0.3, 0.4) is 0 Å². The van der Waals surface area contributed by atoms with E-state index in [1.54, 1.807) is 0 Å². The van der Waals surface area contributed by atoms with Gasteiger partial charge in [0.1, 0.15) is 29.8 Å². The number of aliphatic carboxylic acids is 1. The third-order valence-electron chi connectivity index (χ3n) is 2.53. The Hall–Kier alpha value is -0.380. The van der Waals surface area contributed by atoms with Crippen molar-refractivity contribution in [1.29, 1.82) is 0 Å². The molecule has 1 unspecified atom stereocenters. The van der Waals surface area contributed by atoms with Crippen LogP contribution in [0.2, 0.25) is 0 Å². The average molecular weight is 267 g/mol. The van der Waals surface area contributed by atoms with Gasteiger partial charge in [-0.05, 0) is 12.2 Å². The summed E-state index contributed by atoms with van der Waals surface area (Å²) in [7, 11) is 0. The van der Waals surface area contributed by atoms with Crippen LogP contribution in [-0.4, -0.2) is 68.5 Å². The first-order valence-electron chi connectivity index (χ1n) is 5.19. The van der Waals surface area contributed by atoms with Gasteiger partial charge in [-0.25, -0.2) is 0 Å². The highest BCUT2D eigenvalue weighted by Gasteiger charge is 2.42. The SMILES string of the molecule is N[C@H](CCSC1O[C@H](CO)[C@@H](O)[C@H]1O)C(=O)O. The monoisotopic (exact) mass is 267 g/mol. The fourth-order valence-corrected chi connectivity index (χ4v) is 2.64. The molecule has 1 fully saturated rings. The summed E-state index contributed by atoms with van der Waals surface area (Å²) in [5.41, 5.74) is 4.65. The minimum Gasteiger partial charge on any atom is -0.480 e. The van der Waals surface area contributed by atoms with E-state index in [1.165, 1.54) is 11.8 Å². The molecule has 0 aliphatic carbocycles. The van der Waals surface area contributed by atoms with Gasteiger partial charge in [0.05, 0.1) is 6.61 Å². The van der Waals surface area contributed by atoms with Crippen molar-refractivity contribution in [3.63, 3.8) is 0 Å². The standard InChI is InChI=1S/C9H17NO6S/c10-4(8(14)15)1-2-17-9-7(13)6(12)5(3-11)16-9/h4-7,9,11-13H,1-3,10H2,(H,14,15)/t4-,5-,6-,7-,9?/m1/s1. The van der Waals surface area contributed by atoms with Gasteiger partial charge in [0.15, 0.2) is 0 Å². The number of ether oxygens (including phenoxy) is 1. The maximum atomic E-state index is 10.5. The summed E-state index contributed by atoms with van der Waals surface area (Å²) in [6.07, 6.45) is -2.76. The summed E-state index contributed by atoms with van der Waals surface area (Å²) in [5.74, 6) is -0.688. The first-order valence-corrected chi connectivity index (χ1v) is 6.24. The molecule has 8 heteroatoms. The molecule has 1 aliphatic rings. The van der Waals surface area contributed by atoms with Gasteiger partial charge in [-0.1, -0.05) is 0 Å². The van der Waals surface area contributed by atoms with Crippen LogP contribution >= 0.6 is 11.8 Å². The minimum absolute atomic E-state index is 0.243. The van der Waals surface area contributed by atoms with E-state index in [-0.39, 0.29) is 13.0 Å². The Morgan fingerprint density at radius 2 is 2.06 bits per heavy atom. The van der Waals surface area contributed by atoms with Crippen molar-refractivity contribution in [1.82, 2.24) is 0 Å². The summed E-state index contributed by atoms with van der Waals surface area (Å²) < 4.78 is 5.20. The third kappa shape index (κ3) is 3.80. The van der Waals surface area contributed by atoms with Gasteiger partial charge in [-0.3, -0.25) is 4.79 Å². The molecular weight excluding hydrogens is 250 g/mol. The van der Waals surface area contributed by atoms with Crippen molar-refractivity contribution >= 4 is 17.7 Å². The molecular formula is C9H17NO6S. The fraction of sp³-hybridized carbons (Fsp3) is 0.889. The highest BCUT2D eigenvalue weighted by atomic mass is 32.2. The Kier molecular flexibility index (Phi) is 5.63. The zero-order chi connectivity index (χ0) is 13.0. The van der Waals surface area contributed by atoms with Crippen LogP contribution in [0, 0.1) is 0 Å². The van der Waals surface area contributed by atoms with E-state index in [9.17, 15) is 15.0 Å². The van der Waals surface area contributed by atoms with Gasteiger partial charge in [0.2, 0.25) is 0 Å². The molecule has 0 spiro atoms. The predicted molar refractivity (Wildman–Crippen MR) is 60.4 cm³/mol. The number of hydrogen-bond donors (Lipinski definition) is 5. The molecule has 0 aromatic heterocycles. The normalized spacial score (nSPS) is 34.8. The van der Waals surface area contributed by atoms with Gasteiger partial charge >= 0.3 is 5.97 Å². The summed E-state index contributed by atoms with van der Waals surface area (Å²) in [5, 5.41) is 36.5. The zero-order valence-electron chi connectivity index (χ0n) is 9.10. The molecule has 0 saturated carbocycles. The number of hydrogen-bond acceptors (Lipinski definition) is 7. The Bertz CT molecular complexity index is 266. The molecule has 100 valence electrons. The quantitative estimate of drug-likeness (QED) is 0.372. The smallest absolute Gasteiger partial charge is 0.320 e. The number of nitrogens with two attached hydrogens (primary N) is 1. The van der Waals surface area contributed by atoms with E-state index in [2.05, 4.69) is 0 Å². The van der Waals surface area contributed by atoms with Crippen LogP contribution in [0.4, 0.5) is 0 Å². The largest absolute Gasteiger partial charge is 0.480 e. The number of carboxylic acid groups (broad SMARTS) is 1. The van der Waals surface area contributed by atoms with E-state index >= 15 is 0 Å². The summed E-state index contributed by atoms with van der Waals surface area (Å²) in [6.45, 7) is -0.371. The van der Waals surface area contributed by atoms with Gasteiger partial charge in [-0.15, -0.1) is 11.8 Å². The first-order chi connectivity index (χ1) is 7.97. The van der Waals surface area contributed by atoms with Crippen molar-refractivity contribution in [2.75, 3.05) is 12.4 Å². The van der Waals surface area contributed by atoms with Crippen LogP contribution in [0.1, 0.15) is 6.42 Å². The lowest BCUT2D eigenvalue weighted by Crippen LogP contribution is -2.33. The molecule has 6 N–H and O–H groups in total. The molecule has 0 aromatic rings. The Labute approximate surface area is 103 Å². The van der Waals surface area contributed by atoms with E-state index < -0.39 is 35.8 Å². The number of aliphatic hydroxyl groups excluding tert-OH is 3. The predicted octanol–water partition coefficient (Wildman–Crippen LogP) is -2.04. The second kappa shape index (κ2) is 6.53. The topological polar surface area (TPSA) is 133 Å². The lowest BCUT2D eigenvalue weighted by atomic mass is 10.2. The molecule has 0 amide bonds. The maximum absolute atomic E-state index is 10.5. The van der Waals surface area contributed by atoms with Crippen LogP contribution in [0.5, 0.6) is 0 Å². The van der Waals surface area contributed by atoms with Crippen LogP contribution in [0.15, 0.2) is 0 Å². The van der Waals surface area contributed by atoms with E-state index in [0.717, 1.165) is 0 Å².